The van der Waals surface area contributed by atoms with Crippen molar-refractivity contribution in [3.05, 3.63) is 0 Å². The van der Waals surface area contributed by atoms with Gasteiger partial charge in [-0.1, -0.05) is 20.3 Å². The van der Waals surface area contributed by atoms with Gasteiger partial charge in [-0.05, 0) is 69.1 Å². The molecule has 2 aliphatic carbocycles. The highest BCUT2D eigenvalue weighted by atomic mass is 16.5. The van der Waals surface area contributed by atoms with E-state index >= 15 is 0 Å². The maximum atomic E-state index is 12.0. The minimum absolute atomic E-state index is 0.0301. The van der Waals surface area contributed by atoms with E-state index in [2.05, 4.69) is 13.8 Å². The fraction of sp³-hybridized carbons (Fsp3) is 0.947. The Kier molecular flexibility index (Phi) is 5.38. The number of fused-ring (bicyclic) bond motifs is 1. The lowest BCUT2D eigenvalue weighted by molar-refractivity contribution is -0.134. The van der Waals surface area contributed by atoms with Crippen molar-refractivity contribution in [2.45, 2.75) is 84.3 Å². The van der Waals surface area contributed by atoms with E-state index in [0.29, 0.717) is 35.7 Å². The third kappa shape index (κ3) is 3.41. The summed E-state index contributed by atoms with van der Waals surface area (Å²) in [6, 6.07) is 0. The van der Waals surface area contributed by atoms with E-state index < -0.39 is 5.60 Å². The third-order valence-electron chi connectivity index (χ3n) is 6.63. The molecule has 0 saturated heterocycles. The van der Waals surface area contributed by atoms with Crippen molar-refractivity contribution < 1.29 is 14.6 Å². The highest BCUT2D eigenvalue weighted by Gasteiger charge is 2.52. The average molecular weight is 310 g/mol. The molecule has 0 aromatic carbocycles. The van der Waals surface area contributed by atoms with Crippen molar-refractivity contribution in [3.8, 4) is 0 Å². The van der Waals surface area contributed by atoms with Crippen LogP contribution in [0.4, 0.5) is 0 Å². The topological polar surface area (TPSA) is 46.5 Å². The Balaban J connectivity index is 1.99. The van der Waals surface area contributed by atoms with Crippen LogP contribution in [-0.4, -0.2) is 29.7 Å². The van der Waals surface area contributed by atoms with Gasteiger partial charge >= 0.3 is 0 Å². The first-order valence-corrected chi connectivity index (χ1v) is 8.98. The first kappa shape index (κ1) is 17.9. The third-order valence-corrected chi connectivity index (χ3v) is 6.63. The molecule has 2 aliphatic rings. The maximum absolute atomic E-state index is 12.0. The highest BCUT2D eigenvalue weighted by molar-refractivity contribution is 5.86. The number of Topliss-reactive ketones (excluding diaryl/α,β-unsaturated/α-hetero) is 1. The maximum Gasteiger partial charge on any atom is 0.163 e. The average Bonchev–Trinajstić information content (AvgIpc) is 2.80. The molecule has 0 aromatic rings. The molecule has 2 fully saturated rings. The number of hydrogen-bond donors (Lipinski definition) is 1. The SMILES string of the molecule is COC1CCC[C@@]2(C)C1CC[C@@H]2C(C)CCC(=O)C(C)(C)O. The molecule has 0 heterocycles. The van der Waals surface area contributed by atoms with Crippen LogP contribution in [0.15, 0.2) is 0 Å². The molecule has 1 N–H and O–H groups in total. The number of rotatable bonds is 6. The van der Waals surface area contributed by atoms with E-state index in [1.165, 1.54) is 32.1 Å². The van der Waals surface area contributed by atoms with Crippen LogP contribution >= 0.6 is 0 Å². The summed E-state index contributed by atoms with van der Waals surface area (Å²) in [6.07, 6.45) is 8.11. The molecule has 0 bridgehead atoms. The van der Waals surface area contributed by atoms with Gasteiger partial charge in [0.15, 0.2) is 5.78 Å². The van der Waals surface area contributed by atoms with Gasteiger partial charge in [0, 0.05) is 13.5 Å². The second-order valence-electron chi connectivity index (χ2n) is 8.46. The van der Waals surface area contributed by atoms with E-state index in [1.54, 1.807) is 13.8 Å². The summed E-state index contributed by atoms with van der Waals surface area (Å²) < 4.78 is 5.75. The predicted molar refractivity (Wildman–Crippen MR) is 88.7 cm³/mol. The molecular formula is C19H34O3. The summed E-state index contributed by atoms with van der Waals surface area (Å²) in [7, 11) is 1.86. The zero-order chi connectivity index (χ0) is 16.5. The Morgan fingerprint density at radius 1 is 1.36 bits per heavy atom. The largest absolute Gasteiger partial charge is 0.383 e. The Labute approximate surface area is 135 Å². The van der Waals surface area contributed by atoms with E-state index in [4.69, 9.17) is 4.74 Å². The van der Waals surface area contributed by atoms with E-state index in [0.717, 1.165) is 6.42 Å². The minimum Gasteiger partial charge on any atom is -0.383 e. The summed E-state index contributed by atoms with van der Waals surface area (Å²) in [5, 5.41) is 9.80. The first-order chi connectivity index (χ1) is 10.2. The summed E-state index contributed by atoms with van der Waals surface area (Å²) in [4.78, 5) is 12.0. The molecule has 128 valence electrons. The van der Waals surface area contributed by atoms with Crippen LogP contribution in [0.3, 0.4) is 0 Å². The van der Waals surface area contributed by atoms with Crippen LogP contribution < -0.4 is 0 Å². The van der Waals surface area contributed by atoms with Crippen molar-refractivity contribution in [3.63, 3.8) is 0 Å². The monoisotopic (exact) mass is 310 g/mol. The number of hydrogen-bond acceptors (Lipinski definition) is 3. The van der Waals surface area contributed by atoms with Crippen molar-refractivity contribution in [1.29, 1.82) is 0 Å². The second-order valence-corrected chi connectivity index (χ2v) is 8.46. The molecule has 0 aliphatic heterocycles. The molecule has 0 aromatic heterocycles. The van der Waals surface area contributed by atoms with Crippen LogP contribution in [0.25, 0.3) is 0 Å². The standard InChI is InChI=1S/C19H34O3/c1-13(8-11-17(20)18(2,3)21)14-9-10-15-16(22-5)7-6-12-19(14,15)4/h13-16,21H,6-12H2,1-5H3/t13?,14-,15?,16?,19-/m1/s1. The lowest BCUT2D eigenvalue weighted by Gasteiger charge is -2.46. The summed E-state index contributed by atoms with van der Waals surface area (Å²) in [5.41, 5.74) is -0.816. The molecular weight excluding hydrogens is 276 g/mol. The number of carbonyl (C=O) groups is 1. The number of carbonyl (C=O) groups excluding carboxylic acids is 1. The van der Waals surface area contributed by atoms with Gasteiger partial charge < -0.3 is 9.84 Å². The lowest BCUT2D eigenvalue weighted by Crippen LogP contribution is -2.42. The second kappa shape index (κ2) is 6.60. The molecule has 3 unspecified atom stereocenters. The molecule has 0 amide bonds. The fourth-order valence-corrected chi connectivity index (χ4v) is 5.24. The molecule has 2 rings (SSSR count). The number of aliphatic hydroxyl groups is 1. The molecule has 3 nitrogen and oxygen atoms in total. The van der Waals surface area contributed by atoms with Crippen LogP contribution in [0.2, 0.25) is 0 Å². The van der Waals surface area contributed by atoms with Gasteiger partial charge in [0.2, 0.25) is 0 Å². The number of ether oxygens (including phenoxy) is 1. The summed E-state index contributed by atoms with van der Waals surface area (Å²) in [6.45, 7) is 7.94. The fourth-order valence-electron chi connectivity index (χ4n) is 5.24. The first-order valence-electron chi connectivity index (χ1n) is 8.98. The highest BCUT2D eigenvalue weighted by Crippen LogP contribution is 2.58. The van der Waals surface area contributed by atoms with Crippen molar-refractivity contribution in [1.82, 2.24) is 0 Å². The Morgan fingerprint density at radius 2 is 2.05 bits per heavy atom. The van der Waals surface area contributed by atoms with Gasteiger partial charge in [-0.2, -0.15) is 0 Å². The zero-order valence-corrected chi connectivity index (χ0v) is 15.0. The zero-order valence-electron chi connectivity index (χ0n) is 15.0. The lowest BCUT2D eigenvalue weighted by atomic mass is 9.61. The van der Waals surface area contributed by atoms with Crippen LogP contribution in [-0.2, 0) is 9.53 Å². The van der Waals surface area contributed by atoms with Crippen molar-refractivity contribution in [2.75, 3.05) is 7.11 Å². The molecule has 22 heavy (non-hydrogen) atoms. The van der Waals surface area contributed by atoms with Gasteiger partial charge in [-0.15, -0.1) is 0 Å². The normalized spacial score (nSPS) is 36.9. The Bertz CT molecular complexity index is 398. The predicted octanol–water partition coefficient (Wildman–Crippen LogP) is 3.97. The summed E-state index contributed by atoms with van der Waals surface area (Å²) >= 11 is 0. The van der Waals surface area contributed by atoms with E-state index in [1.807, 2.05) is 7.11 Å². The molecule has 5 atom stereocenters. The Hall–Kier alpha value is -0.410. The molecule has 0 spiro atoms. The van der Waals surface area contributed by atoms with Crippen LogP contribution in [0.1, 0.15) is 72.6 Å². The molecule has 3 heteroatoms. The van der Waals surface area contributed by atoms with Gasteiger partial charge in [0.1, 0.15) is 5.60 Å². The van der Waals surface area contributed by atoms with Gasteiger partial charge in [-0.25, -0.2) is 0 Å². The quantitative estimate of drug-likeness (QED) is 0.807. The number of methoxy groups -OCH3 is 1. The van der Waals surface area contributed by atoms with Gasteiger partial charge in [0.25, 0.3) is 0 Å². The molecule has 0 radical (unpaired) electrons. The van der Waals surface area contributed by atoms with Crippen molar-refractivity contribution >= 4 is 5.78 Å². The van der Waals surface area contributed by atoms with Crippen LogP contribution in [0, 0.1) is 23.2 Å². The van der Waals surface area contributed by atoms with E-state index in [-0.39, 0.29) is 5.78 Å². The number of ketones is 1. The van der Waals surface area contributed by atoms with Crippen molar-refractivity contribution in [2.24, 2.45) is 23.2 Å². The Morgan fingerprint density at radius 3 is 2.64 bits per heavy atom. The van der Waals surface area contributed by atoms with Gasteiger partial charge in [-0.3, -0.25) is 4.79 Å². The smallest absolute Gasteiger partial charge is 0.163 e. The van der Waals surface area contributed by atoms with Crippen LogP contribution in [0.5, 0.6) is 0 Å². The molecule has 2 saturated carbocycles. The summed E-state index contributed by atoms with van der Waals surface area (Å²) in [5.74, 6) is 1.88. The van der Waals surface area contributed by atoms with Gasteiger partial charge in [0.05, 0.1) is 6.10 Å². The minimum atomic E-state index is -1.19. The van der Waals surface area contributed by atoms with E-state index in [9.17, 15) is 9.90 Å².